The third kappa shape index (κ3) is 2.65. The van der Waals surface area contributed by atoms with Gasteiger partial charge in [0.1, 0.15) is 0 Å². The molecule has 100 valence electrons. The first-order valence-corrected chi connectivity index (χ1v) is 6.92. The molecule has 1 aromatic carbocycles. The van der Waals surface area contributed by atoms with E-state index in [0.717, 1.165) is 24.8 Å². The number of amides is 1. The minimum absolute atomic E-state index is 0.204. The molecule has 0 unspecified atom stereocenters. The quantitative estimate of drug-likeness (QED) is 0.867. The summed E-state index contributed by atoms with van der Waals surface area (Å²) < 4.78 is 0. The van der Waals surface area contributed by atoms with Crippen LogP contribution in [-0.2, 0) is 11.2 Å². The highest BCUT2D eigenvalue weighted by atomic mass is 16.2. The van der Waals surface area contributed by atoms with Crippen LogP contribution in [0.4, 0.5) is 0 Å². The molecule has 0 spiro atoms. The van der Waals surface area contributed by atoms with Gasteiger partial charge in [0.15, 0.2) is 0 Å². The van der Waals surface area contributed by atoms with Crippen molar-refractivity contribution in [3.8, 4) is 0 Å². The van der Waals surface area contributed by atoms with Gasteiger partial charge < -0.3 is 10.3 Å². The Morgan fingerprint density at radius 1 is 1.37 bits per heavy atom. The molecule has 2 N–H and O–H groups in total. The van der Waals surface area contributed by atoms with Gasteiger partial charge in [0.2, 0.25) is 5.91 Å². The Balaban J connectivity index is 1.77. The van der Waals surface area contributed by atoms with Crippen molar-refractivity contribution < 1.29 is 4.79 Å². The topological polar surface area (TPSA) is 44.9 Å². The standard InChI is InChI=1S/C16H20N2O/c1-16(2,18-15(19)11-7-8-11)9-12-10-17-14-6-4-3-5-13(12)14/h3-6,10-11,17H,7-9H2,1-2H3,(H,18,19). The summed E-state index contributed by atoms with van der Waals surface area (Å²) in [6.07, 6.45) is 5.00. The van der Waals surface area contributed by atoms with Crippen LogP contribution in [0.1, 0.15) is 32.3 Å². The van der Waals surface area contributed by atoms with Crippen LogP contribution in [0.2, 0.25) is 0 Å². The van der Waals surface area contributed by atoms with Gasteiger partial charge in [0.05, 0.1) is 0 Å². The number of carbonyl (C=O) groups excluding carboxylic acids is 1. The van der Waals surface area contributed by atoms with Crippen LogP contribution in [0.3, 0.4) is 0 Å². The Labute approximate surface area is 113 Å². The van der Waals surface area contributed by atoms with Gasteiger partial charge in [-0.3, -0.25) is 4.79 Å². The lowest BCUT2D eigenvalue weighted by Gasteiger charge is -2.26. The molecule has 0 bridgehead atoms. The van der Waals surface area contributed by atoms with Crippen molar-refractivity contribution >= 4 is 16.8 Å². The second kappa shape index (κ2) is 4.41. The first-order chi connectivity index (χ1) is 9.05. The largest absolute Gasteiger partial charge is 0.361 e. The Bertz CT molecular complexity index is 608. The number of carbonyl (C=O) groups is 1. The molecule has 1 aromatic heterocycles. The summed E-state index contributed by atoms with van der Waals surface area (Å²) in [5, 5.41) is 4.41. The molecule has 3 rings (SSSR count). The normalized spacial score (nSPS) is 15.7. The number of aromatic amines is 1. The molecule has 0 atom stereocenters. The summed E-state index contributed by atoms with van der Waals surface area (Å²) in [6, 6.07) is 8.28. The van der Waals surface area contributed by atoms with E-state index in [-0.39, 0.29) is 17.4 Å². The Morgan fingerprint density at radius 3 is 2.84 bits per heavy atom. The van der Waals surface area contributed by atoms with Crippen molar-refractivity contribution in [3.63, 3.8) is 0 Å². The minimum Gasteiger partial charge on any atom is -0.361 e. The van der Waals surface area contributed by atoms with E-state index in [2.05, 4.69) is 48.5 Å². The van der Waals surface area contributed by atoms with E-state index in [4.69, 9.17) is 0 Å². The minimum atomic E-state index is -0.204. The summed E-state index contributed by atoms with van der Waals surface area (Å²) >= 11 is 0. The monoisotopic (exact) mass is 256 g/mol. The fraction of sp³-hybridized carbons (Fsp3) is 0.438. The maximum Gasteiger partial charge on any atom is 0.223 e. The van der Waals surface area contributed by atoms with Gasteiger partial charge in [-0.15, -0.1) is 0 Å². The van der Waals surface area contributed by atoms with E-state index in [0.29, 0.717) is 0 Å². The molecule has 0 radical (unpaired) electrons. The molecule has 2 aromatic rings. The van der Waals surface area contributed by atoms with E-state index in [9.17, 15) is 4.79 Å². The van der Waals surface area contributed by atoms with Crippen LogP contribution >= 0.6 is 0 Å². The molecule has 1 heterocycles. The molecule has 1 fully saturated rings. The highest BCUT2D eigenvalue weighted by Crippen LogP contribution is 2.30. The van der Waals surface area contributed by atoms with Crippen LogP contribution in [-0.4, -0.2) is 16.4 Å². The average Bonchev–Trinajstić information content (AvgIpc) is 3.13. The second-order valence-electron chi connectivity index (χ2n) is 6.18. The molecule has 0 saturated heterocycles. The van der Waals surface area contributed by atoms with Crippen LogP contribution in [0, 0.1) is 5.92 Å². The molecule has 0 aliphatic heterocycles. The number of aromatic nitrogens is 1. The SMILES string of the molecule is CC(C)(Cc1c[nH]c2ccccc12)NC(=O)C1CC1. The van der Waals surface area contributed by atoms with Gasteiger partial charge in [0, 0.05) is 28.6 Å². The lowest BCUT2D eigenvalue weighted by Crippen LogP contribution is -2.45. The fourth-order valence-electron chi connectivity index (χ4n) is 2.58. The Hall–Kier alpha value is -1.77. The molecule has 1 aliphatic carbocycles. The second-order valence-corrected chi connectivity index (χ2v) is 6.18. The zero-order chi connectivity index (χ0) is 13.5. The maximum absolute atomic E-state index is 11.9. The van der Waals surface area contributed by atoms with Crippen LogP contribution in [0.5, 0.6) is 0 Å². The summed E-state index contributed by atoms with van der Waals surface area (Å²) in [6.45, 7) is 4.18. The summed E-state index contributed by atoms with van der Waals surface area (Å²) in [4.78, 5) is 15.2. The van der Waals surface area contributed by atoms with E-state index < -0.39 is 0 Å². The van der Waals surface area contributed by atoms with E-state index >= 15 is 0 Å². The molecule has 3 nitrogen and oxygen atoms in total. The number of hydrogen-bond acceptors (Lipinski definition) is 1. The summed E-state index contributed by atoms with van der Waals surface area (Å²) in [5.41, 5.74) is 2.21. The van der Waals surface area contributed by atoms with Gasteiger partial charge in [0.25, 0.3) is 0 Å². The van der Waals surface area contributed by atoms with E-state index in [1.54, 1.807) is 0 Å². The van der Waals surface area contributed by atoms with Gasteiger partial charge >= 0.3 is 0 Å². The van der Waals surface area contributed by atoms with Gasteiger partial charge in [-0.2, -0.15) is 0 Å². The van der Waals surface area contributed by atoms with Gasteiger partial charge in [-0.05, 0) is 44.7 Å². The Morgan fingerprint density at radius 2 is 2.11 bits per heavy atom. The van der Waals surface area contributed by atoms with Crippen molar-refractivity contribution in [2.24, 2.45) is 5.92 Å². The third-order valence-electron chi connectivity index (χ3n) is 3.72. The van der Waals surface area contributed by atoms with Gasteiger partial charge in [-0.1, -0.05) is 18.2 Å². The number of nitrogens with one attached hydrogen (secondary N) is 2. The molecular formula is C16H20N2O. The van der Waals surface area contributed by atoms with Crippen LogP contribution in [0.25, 0.3) is 10.9 Å². The zero-order valence-electron chi connectivity index (χ0n) is 11.5. The van der Waals surface area contributed by atoms with Crippen molar-refractivity contribution in [2.45, 2.75) is 38.6 Å². The lowest BCUT2D eigenvalue weighted by atomic mass is 9.94. The summed E-state index contributed by atoms with van der Waals surface area (Å²) in [5.74, 6) is 0.479. The maximum atomic E-state index is 11.9. The molecule has 1 amide bonds. The molecule has 3 heteroatoms. The Kier molecular flexibility index (Phi) is 2.85. The predicted molar refractivity (Wildman–Crippen MR) is 76.9 cm³/mol. The van der Waals surface area contributed by atoms with E-state index in [1.807, 2.05) is 6.07 Å². The highest BCUT2D eigenvalue weighted by molar-refractivity contribution is 5.84. The zero-order valence-corrected chi connectivity index (χ0v) is 11.5. The molecule has 1 saturated carbocycles. The summed E-state index contributed by atoms with van der Waals surface area (Å²) in [7, 11) is 0. The van der Waals surface area contributed by atoms with Gasteiger partial charge in [-0.25, -0.2) is 0 Å². The highest BCUT2D eigenvalue weighted by Gasteiger charge is 2.33. The number of rotatable bonds is 4. The first-order valence-electron chi connectivity index (χ1n) is 6.92. The number of benzene rings is 1. The molecular weight excluding hydrogens is 236 g/mol. The van der Waals surface area contributed by atoms with Crippen molar-refractivity contribution in [3.05, 3.63) is 36.0 Å². The molecule has 19 heavy (non-hydrogen) atoms. The lowest BCUT2D eigenvalue weighted by molar-refractivity contribution is -0.123. The average molecular weight is 256 g/mol. The van der Waals surface area contributed by atoms with Crippen LogP contribution < -0.4 is 5.32 Å². The number of para-hydroxylation sites is 1. The van der Waals surface area contributed by atoms with E-state index in [1.165, 1.54) is 10.9 Å². The third-order valence-corrected chi connectivity index (χ3v) is 3.72. The molecule has 1 aliphatic rings. The van der Waals surface area contributed by atoms with Crippen molar-refractivity contribution in [2.75, 3.05) is 0 Å². The number of hydrogen-bond donors (Lipinski definition) is 2. The fourth-order valence-corrected chi connectivity index (χ4v) is 2.58. The first kappa shape index (κ1) is 12.3. The number of H-pyrrole nitrogens is 1. The van der Waals surface area contributed by atoms with Crippen LogP contribution in [0.15, 0.2) is 30.5 Å². The number of fused-ring (bicyclic) bond motifs is 1. The van der Waals surface area contributed by atoms with Crippen molar-refractivity contribution in [1.29, 1.82) is 0 Å². The van der Waals surface area contributed by atoms with Crippen molar-refractivity contribution in [1.82, 2.24) is 10.3 Å². The smallest absolute Gasteiger partial charge is 0.223 e. The predicted octanol–water partition coefficient (Wildman–Crippen LogP) is 3.02.